The highest BCUT2D eigenvalue weighted by Crippen LogP contribution is 2.60. The highest BCUT2D eigenvalue weighted by atomic mass is 32.2. The van der Waals surface area contributed by atoms with Gasteiger partial charge in [0.2, 0.25) is 0 Å². The molecule has 7 nitrogen and oxygen atoms in total. The summed E-state index contributed by atoms with van der Waals surface area (Å²) in [6, 6.07) is 24.7. The Bertz CT molecular complexity index is 1500. The monoisotopic (exact) mass is 530 g/mol. The molecule has 2 fully saturated rings. The Kier molecular flexibility index (Phi) is 6.53. The first-order chi connectivity index (χ1) is 18.4. The lowest BCUT2D eigenvalue weighted by Crippen LogP contribution is -2.33. The fourth-order valence-corrected chi connectivity index (χ4v) is 6.64. The third-order valence-corrected chi connectivity index (χ3v) is 8.54. The number of nitrogens with zero attached hydrogens (tertiary/aromatic N) is 2. The van der Waals surface area contributed by atoms with E-state index in [9.17, 15) is 8.42 Å². The van der Waals surface area contributed by atoms with Crippen molar-refractivity contribution in [3.05, 3.63) is 102 Å². The van der Waals surface area contributed by atoms with Gasteiger partial charge in [0.1, 0.15) is 24.7 Å². The van der Waals surface area contributed by atoms with Crippen molar-refractivity contribution >= 4 is 10.1 Å². The molecule has 6 rings (SSSR count). The number of pyridine rings is 1. The average molecular weight is 531 g/mol. The van der Waals surface area contributed by atoms with Crippen molar-refractivity contribution in [2.45, 2.75) is 44.3 Å². The van der Waals surface area contributed by atoms with Crippen molar-refractivity contribution in [3.8, 4) is 17.1 Å². The molecule has 4 aromatic rings. The van der Waals surface area contributed by atoms with Gasteiger partial charge in [-0.3, -0.25) is 9.17 Å². The molecule has 2 heterocycles. The summed E-state index contributed by atoms with van der Waals surface area (Å²) in [6.45, 7) is 0.301. The van der Waals surface area contributed by atoms with Crippen molar-refractivity contribution < 1.29 is 21.9 Å². The summed E-state index contributed by atoms with van der Waals surface area (Å²) in [6.07, 6.45) is 7.77. The second kappa shape index (κ2) is 10.0. The van der Waals surface area contributed by atoms with Crippen LogP contribution in [-0.2, 0) is 32.9 Å². The fourth-order valence-electron chi connectivity index (χ4n) is 6.31. The number of hydrogen-bond acceptors (Lipinski definition) is 7. The molecule has 2 aromatic carbocycles. The molecule has 2 aliphatic rings. The summed E-state index contributed by atoms with van der Waals surface area (Å²) in [5.41, 5.74) is 4.87. The van der Waals surface area contributed by atoms with Crippen LogP contribution in [0, 0.1) is 11.8 Å². The van der Waals surface area contributed by atoms with Crippen LogP contribution in [0.5, 0.6) is 5.75 Å². The largest absolute Gasteiger partial charge is 0.487 e. The van der Waals surface area contributed by atoms with Crippen molar-refractivity contribution in [1.29, 1.82) is 0 Å². The van der Waals surface area contributed by atoms with E-state index < -0.39 is 10.1 Å². The SMILES string of the molecule is CS(=O)(=O)OCc1cc(-c2ccc([C@]3(c4ccc(OCc5ccccn5)cc4)CC4CCC3C4)cc2)on1. The standard InChI is InChI=1S/C30H30N2O5S/c1-38(33,34)36-20-27-17-29(37-32-27)22-6-9-23(10-7-22)30(18-21-5-8-25(30)16-21)24-11-13-28(14-12-24)35-19-26-4-2-3-15-31-26/h2-4,6-7,9-15,17,21,25H,5,8,16,18-20H2,1H3/t21?,25?,30-/m0/s1. The Hall–Kier alpha value is -3.49. The maximum atomic E-state index is 11.3. The molecule has 2 unspecified atom stereocenters. The Labute approximate surface area is 222 Å². The maximum absolute atomic E-state index is 11.3. The minimum atomic E-state index is -3.54. The number of benzene rings is 2. The van der Waals surface area contributed by atoms with E-state index in [0.717, 1.165) is 35.6 Å². The van der Waals surface area contributed by atoms with E-state index in [-0.39, 0.29) is 12.0 Å². The smallest absolute Gasteiger partial charge is 0.264 e. The Balaban J connectivity index is 1.23. The molecular formula is C30H30N2O5S. The topological polar surface area (TPSA) is 91.5 Å². The van der Waals surface area contributed by atoms with E-state index in [2.05, 4.69) is 58.7 Å². The van der Waals surface area contributed by atoms with E-state index in [1.807, 2.05) is 18.2 Å². The molecule has 0 amide bonds. The number of hydrogen-bond donors (Lipinski definition) is 0. The first-order valence-electron chi connectivity index (χ1n) is 12.9. The molecular weight excluding hydrogens is 500 g/mol. The predicted octanol–water partition coefficient (Wildman–Crippen LogP) is 5.90. The van der Waals surface area contributed by atoms with Gasteiger partial charge in [-0.2, -0.15) is 8.42 Å². The van der Waals surface area contributed by atoms with Crippen LogP contribution in [0.2, 0.25) is 0 Å². The summed E-state index contributed by atoms with van der Waals surface area (Å²) >= 11 is 0. The first kappa shape index (κ1) is 24.8. The molecule has 2 saturated carbocycles. The van der Waals surface area contributed by atoms with Gasteiger partial charge in [-0.1, -0.05) is 54.0 Å². The van der Waals surface area contributed by atoms with Gasteiger partial charge in [-0.25, -0.2) is 0 Å². The predicted molar refractivity (Wildman–Crippen MR) is 143 cm³/mol. The molecule has 196 valence electrons. The Morgan fingerprint density at radius 2 is 1.71 bits per heavy atom. The zero-order chi connectivity index (χ0) is 26.2. The summed E-state index contributed by atoms with van der Waals surface area (Å²) in [7, 11) is -3.54. The minimum absolute atomic E-state index is 0.0170. The zero-order valence-electron chi connectivity index (χ0n) is 21.2. The van der Waals surface area contributed by atoms with Crippen LogP contribution in [0.4, 0.5) is 0 Å². The molecule has 8 heteroatoms. The van der Waals surface area contributed by atoms with Crippen LogP contribution in [-0.4, -0.2) is 24.8 Å². The van der Waals surface area contributed by atoms with E-state index in [0.29, 0.717) is 24.0 Å². The van der Waals surface area contributed by atoms with Crippen LogP contribution < -0.4 is 4.74 Å². The van der Waals surface area contributed by atoms with Gasteiger partial charge in [0, 0.05) is 23.2 Å². The van der Waals surface area contributed by atoms with Crippen LogP contribution in [0.3, 0.4) is 0 Å². The van der Waals surface area contributed by atoms with Crippen molar-refractivity contribution in [3.63, 3.8) is 0 Å². The summed E-state index contributed by atoms with van der Waals surface area (Å²) in [4.78, 5) is 4.33. The molecule has 0 saturated heterocycles. The second-order valence-corrected chi connectivity index (χ2v) is 12.1. The van der Waals surface area contributed by atoms with Gasteiger partial charge in [0.25, 0.3) is 10.1 Å². The first-order valence-corrected chi connectivity index (χ1v) is 14.7. The third-order valence-electron chi connectivity index (χ3n) is 8.00. The number of ether oxygens (including phenoxy) is 1. The molecule has 0 radical (unpaired) electrons. The quantitative estimate of drug-likeness (QED) is 0.249. The van der Waals surface area contributed by atoms with Gasteiger partial charge in [-0.15, -0.1) is 0 Å². The normalized spacial score (nSPS) is 22.6. The van der Waals surface area contributed by atoms with Crippen LogP contribution >= 0.6 is 0 Å². The van der Waals surface area contributed by atoms with Crippen LogP contribution in [0.1, 0.15) is 48.2 Å². The van der Waals surface area contributed by atoms with Crippen molar-refractivity contribution in [1.82, 2.24) is 10.1 Å². The zero-order valence-corrected chi connectivity index (χ0v) is 22.1. The van der Waals surface area contributed by atoms with Gasteiger partial charge in [0.15, 0.2) is 5.76 Å². The second-order valence-electron chi connectivity index (χ2n) is 10.4. The lowest BCUT2D eigenvalue weighted by atomic mass is 9.64. The fraction of sp³-hybridized carbons (Fsp3) is 0.333. The molecule has 0 N–H and O–H groups in total. The molecule has 0 spiro atoms. The number of fused-ring (bicyclic) bond motifs is 2. The number of rotatable bonds is 9. The minimum Gasteiger partial charge on any atom is -0.487 e. The van der Waals surface area contributed by atoms with E-state index in [1.165, 1.54) is 30.4 Å². The summed E-state index contributed by atoms with van der Waals surface area (Å²) in [5.74, 6) is 2.80. The summed E-state index contributed by atoms with van der Waals surface area (Å²) in [5, 5.41) is 3.95. The molecule has 3 atom stereocenters. The Morgan fingerprint density at radius 1 is 0.947 bits per heavy atom. The van der Waals surface area contributed by atoms with Crippen LogP contribution in [0.15, 0.2) is 83.5 Å². The number of aromatic nitrogens is 2. The molecule has 2 bridgehead atoms. The summed E-state index contributed by atoms with van der Waals surface area (Å²) < 4.78 is 38.8. The molecule has 2 aliphatic carbocycles. The molecule has 0 aliphatic heterocycles. The van der Waals surface area contributed by atoms with Gasteiger partial charge in [0.05, 0.1) is 11.9 Å². The van der Waals surface area contributed by atoms with E-state index in [4.69, 9.17) is 13.4 Å². The highest BCUT2D eigenvalue weighted by molar-refractivity contribution is 7.85. The van der Waals surface area contributed by atoms with Gasteiger partial charge in [-0.05, 0) is 66.5 Å². The lowest BCUT2D eigenvalue weighted by molar-refractivity contribution is 0.296. The van der Waals surface area contributed by atoms with E-state index in [1.54, 1.807) is 12.3 Å². The molecule has 2 aromatic heterocycles. The van der Waals surface area contributed by atoms with Crippen LogP contribution in [0.25, 0.3) is 11.3 Å². The highest BCUT2D eigenvalue weighted by Gasteiger charge is 2.52. The average Bonchev–Trinajstić information content (AvgIpc) is 3.69. The molecule has 38 heavy (non-hydrogen) atoms. The third kappa shape index (κ3) is 4.98. The van der Waals surface area contributed by atoms with Crippen molar-refractivity contribution in [2.75, 3.05) is 6.26 Å². The van der Waals surface area contributed by atoms with E-state index >= 15 is 0 Å². The maximum Gasteiger partial charge on any atom is 0.264 e. The Morgan fingerprint density at radius 3 is 2.34 bits per heavy atom. The van der Waals surface area contributed by atoms with Gasteiger partial charge >= 0.3 is 0 Å². The lowest BCUT2D eigenvalue weighted by Gasteiger charge is -2.39. The van der Waals surface area contributed by atoms with Crippen molar-refractivity contribution in [2.24, 2.45) is 11.8 Å². The van der Waals surface area contributed by atoms with Gasteiger partial charge < -0.3 is 9.26 Å².